The highest BCUT2D eigenvalue weighted by Crippen LogP contribution is 2.34. The molecular formula is C17H24O. The molecule has 0 N–H and O–H groups in total. The van der Waals surface area contributed by atoms with E-state index in [0.717, 1.165) is 11.7 Å². The van der Waals surface area contributed by atoms with Gasteiger partial charge >= 0.3 is 0 Å². The Bertz CT molecular complexity index is 400. The summed E-state index contributed by atoms with van der Waals surface area (Å²) in [5, 5.41) is 0. The molecule has 3 rings (SSSR count). The highest BCUT2D eigenvalue weighted by Gasteiger charge is 2.22. The average molecular weight is 244 g/mol. The Morgan fingerprint density at radius 2 is 1.83 bits per heavy atom. The van der Waals surface area contributed by atoms with E-state index in [2.05, 4.69) is 25.1 Å². The molecule has 0 spiro atoms. The molecule has 0 heterocycles. The van der Waals surface area contributed by atoms with Crippen LogP contribution in [0.3, 0.4) is 0 Å². The quantitative estimate of drug-likeness (QED) is 0.748. The van der Waals surface area contributed by atoms with E-state index in [-0.39, 0.29) is 0 Å². The molecule has 0 saturated heterocycles. The largest absolute Gasteiger partial charge is 0.490 e. The molecule has 1 nitrogen and oxygen atoms in total. The molecule has 0 amide bonds. The van der Waals surface area contributed by atoms with Gasteiger partial charge in [0.25, 0.3) is 0 Å². The zero-order valence-electron chi connectivity index (χ0n) is 11.5. The van der Waals surface area contributed by atoms with Crippen molar-refractivity contribution in [3.8, 4) is 5.75 Å². The first-order chi connectivity index (χ1) is 8.81. The number of aryl methyl sites for hydroxylation is 1. The molecule has 0 unspecified atom stereocenters. The lowest BCUT2D eigenvalue weighted by atomic mass is 9.97. The summed E-state index contributed by atoms with van der Waals surface area (Å²) in [5.74, 6) is 2.08. The minimum atomic E-state index is 0.465. The maximum Gasteiger partial charge on any atom is 0.122 e. The minimum absolute atomic E-state index is 0.465. The summed E-state index contributed by atoms with van der Waals surface area (Å²) >= 11 is 0. The fourth-order valence-corrected chi connectivity index (χ4v) is 2.99. The summed E-state index contributed by atoms with van der Waals surface area (Å²) in [6.07, 6.45) is 11.1. The van der Waals surface area contributed by atoms with Gasteiger partial charge in [-0.15, -0.1) is 0 Å². The van der Waals surface area contributed by atoms with Crippen LogP contribution in [0.4, 0.5) is 0 Å². The molecule has 1 aromatic carbocycles. The Labute approximate surface area is 111 Å². The summed E-state index contributed by atoms with van der Waals surface area (Å²) in [4.78, 5) is 0. The highest BCUT2D eigenvalue weighted by atomic mass is 16.5. The third-order valence-electron chi connectivity index (χ3n) is 4.31. The molecule has 0 bridgehead atoms. The molecule has 98 valence electrons. The normalized spacial score (nSPS) is 20.9. The van der Waals surface area contributed by atoms with E-state index in [1.54, 1.807) is 0 Å². The van der Waals surface area contributed by atoms with E-state index in [1.807, 2.05) is 0 Å². The predicted octanol–water partition coefficient (Wildman–Crippen LogP) is 4.66. The van der Waals surface area contributed by atoms with Crippen molar-refractivity contribution in [1.82, 2.24) is 0 Å². The van der Waals surface area contributed by atoms with Crippen LogP contribution in [0, 0.1) is 12.8 Å². The number of hydrogen-bond donors (Lipinski definition) is 0. The zero-order valence-corrected chi connectivity index (χ0v) is 11.5. The lowest BCUT2D eigenvalue weighted by Crippen LogP contribution is -2.20. The van der Waals surface area contributed by atoms with Gasteiger partial charge in [-0.1, -0.05) is 18.6 Å². The summed E-state index contributed by atoms with van der Waals surface area (Å²) < 4.78 is 6.16. The first-order valence-corrected chi connectivity index (χ1v) is 7.57. The molecule has 2 aliphatic carbocycles. The van der Waals surface area contributed by atoms with Crippen LogP contribution >= 0.6 is 0 Å². The molecule has 0 atom stereocenters. The Balaban J connectivity index is 1.63. The molecule has 18 heavy (non-hydrogen) atoms. The van der Waals surface area contributed by atoms with Gasteiger partial charge in [0.2, 0.25) is 0 Å². The van der Waals surface area contributed by atoms with Gasteiger partial charge in [0.15, 0.2) is 0 Å². The van der Waals surface area contributed by atoms with Crippen LogP contribution in [0.2, 0.25) is 0 Å². The van der Waals surface area contributed by atoms with Gasteiger partial charge in [0.1, 0.15) is 5.75 Å². The molecule has 2 fully saturated rings. The van der Waals surface area contributed by atoms with Gasteiger partial charge in [0, 0.05) is 0 Å². The summed E-state index contributed by atoms with van der Waals surface area (Å²) in [7, 11) is 0. The standard InChI is InChI=1S/C17H24O/c1-13-11-15(12-14-7-8-14)9-10-17(13)18-16-5-3-2-4-6-16/h9-11,14,16H,2-8,12H2,1H3. The molecular weight excluding hydrogens is 220 g/mol. The minimum Gasteiger partial charge on any atom is -0.490 e. The Kier molecular flexibility index (Phi) is 3.58. The Morgan fingerprint density at radius 1 is 1.06 bits per heavy atom. The van der Waals surface area contributed by atoms with E-state index in [9.17, 15) is 0 Å². The number of benzene rings is 1. The van der Waals surface area contributed by atoms with Crippen LogP contribution in [-0.2, 0) is 6.42 Å². The zero-order chi connectivity index (χ0) is 12.4. The van der Waals surface area contributed by atoms with Gasteiger partial charge in [-0.2, -0.15) is 0 Å². The van der Waals surface area contributed by atoms with Crippen molar-refractivity contribution in [2.45, 2.75) is 64.4 Å². The van der Waals surface area contributed by atoms with Crippen molar-refractivity contribution in [1.29, 1.82) is 0 Å². The second-order valence-electron chi connectivity index (χ2n) is 6.13. The summed E-state index contributed by atoms with van der Waals surface area (Å²) in [5.41, 5.74) is 2.81. The Morgan fingerprint density at radius 3 is 2.50 bits per heavy atom. The van der Waals surface area contributed by atoms with Gasteiger partial charge in [-0.05, 0) is 75.0 Å². The first kappa shape index (κ1) is 12.1. The molecule has 1 aromatic rings. The SMILES string of the molecule is Cc1cc(CC2CC2)ccc1OC1CCCCC1. The monoisotopic (exact) mass is 244 g/mol. The predicted molar refractivity (Wildman–Crippen MR) is 75.1 cm³/mol. The van der Waals surface area contributed by atoms with Crippen LogP contribution in [0.5, 0.6) is 5.75 Å². The van der Waals surface area contributed by atoms with Gasteiger partial charge in [-0.3, -0.25) is 0 Å². The molecule has 0 aromatic heterocycles. The van der Waals surface area contributed by atoms with Crippen molar-refractivity contribution in [2.75, 3.05) is 0 Å². The van der Waals surface area contributed by atoms with Crippen LogP contribution in [0.15, 0.2) is 18.2 Å². The second-order valence-corrected chi connectivity index (χ2v) is 6.13. The topological polar surface area (TPSA) is 9.23 Å². The fraction of sp³-hybridized carbons (Fsp3) is 0.647. The Hall–Kier alpha value is -0.980. The number of rotatable bonds is 4. The first-order valence-electron chi connectivity index (χ1n) is 7.57. The molecule has 2 saturated carbocycles. The third-order valence-corrected chi connectivity index (χ3v) is 4.31. The third kappa shape index (κ3) is 3.07. The molecule has 1 heteroatoms. The van der Waals surface area contributed by atoms with Crippen molar-refractivity contribution in [2.24, 2.45) is 5.92 Å². The molecule has 0 aliphatic heterocycles. The lowest BCUT2D eigenvalue weighted by Gasteiger charge is -2.24. The summed E-state index contributed by atoms with van der Waals surface area (Å²) in [6.45, 7) is 2.19. The van der Waals surface area contributed by atoms with E-state index >= 15 is 0 Å². The summed E-state index contributed by atoms with van der Waals surface area (Å²) in [6, 6.07) is 6.79. The van der Waals surface area contributed by atoms with Gasteiger partial charge in [-0.25, -0.2) is 0 Å². The van der Waals surface area contributed by atoms with Crippen LogP contribution in [-0.4, -0.2) is 6.10 Å². The number of ether oxygens (including phenoxy) is 1. The van der Waals surface area contributed by atoms with Gasteiger partial charge in [0.05, 0.1) is 6.10 Å². The number of hydrogen-bond acceptors (Lipinski definition) is 1. The van der Waals surface area contributed by atoms with Crippen LogP contribution in [0.1, 0.15) is 56.1 Å². The van der Waals surface area contributed by atoms with Crippen LogP contribution in [0.25, 0.3) is 0 Å². The van der Waals surface area contributed by atoms with E-state index in [1.165, 1.54) is 62.5 Å². The van der Waals surface area contributed by atoms with E-state index in [4.69, 9.17) is 4.74 Å². The molecule has 0 radical (unpaired) electrons. The van der Waals surface area contributed by atoms with Crippen LogP contribution < -0.4 is 4.74 Å². The van der Waals surface area contributed by atoms with Crippen molar-refractivity contribution < 1.29 is 4.74 Å². The maximum absolute atomic E-state index is 6.16. The van der Waals surface area contributed by atoms with E-state index in [0.29, 0.717) is 6.10 Å². The van der Waals surface area contributed by atoms with Crippen molar-refractivity contribution in [3.63, 3.8) is 0 Å². The smallest absolute Gasteiger partial charge is 0.122 e. The lowest BCUT2D eigenvalue weighted by molar-refractivity contribution is 0.154. The molecule has 2 aliphatic rings. The fourth-order valence-electron chi connectivity index (χ4n) is 2.99. The van der Waals surface area contributed by atoms with Gasteiger partial charge < -0.3 is 4.74 Å². The highest BCUT2D eigenvalue weighted by molar-refractivity contribution is 5.36. The maximum atomic E-state index is 6.16. The second kappa shape index (κ2) is 5.34. The van der Waals surface area contributed by atoms with Crippen molar-refractivity contribution >= 4 is 0 Å². The average Bonchev–Trinajstić information content (AvgIpc) is 3.18. The van der Waals surface area contributed by atoms with E-state index < -0.39 is 0 Å². The van der Waals surface area contributed by atoms with Crippen molar-refractivity contribution in [3.05, 3.63) is 29.3 Å².